The summed E-state index contributed by atoms with van der Waals surface area (Å²) in [5, 5.41) is 0. The van der Waals surface area contributed by atoms with Gasteiger partial charge in [0.05, 0.1) is 0 Å². The minimum Gasteiger partial charge on any atom is -0.521 e. The van der Waals surface area contributed by atoms with Crippen LogP contribution in [0, 0.1) is 19.7 Å². The van der Waals surface area contributed by atoms with Gasteiger partial charge in [-0.15, -0.1) is 0 Å². The van der Waals surface area contributed by atoms with Crippen LogP contribution >= 0.6 is 0 Å². The summed E-state index contributed by atoms with van der Waals surface area (Å²) in [5.74, 6) is 0. The van der Waals surface area contributed by atoms with Crippen LogP contribution in [0.3, 0.4) is 0 Å². The quantitative estimate of drug-likeness (QED) is 0.355. The van der Waals surface area contributed by atoms with E-state index in [1.807, 2.05) is 0 Å². The molecule has 0 aromatic rings. The van der Waals surface area contributed by atoms with Crippen LogP contribution < -0.4 is 0 Å². The van der Waals surface area contributed by atoms with Gasteiger partial charge in [-0.25, -0.2) is 0 Å². The van der Waals surface area contributed by atoms with E-state index < -0.39 is 0 Å². The number of hydrogen-bond acceptors (Lipinski definition) is 0. The van der Waals surface area contributed by atoms with Gasteiger partial charge in [0.2, 0.25) is 0 Å². The maximum atomic E-state index is 4.25. The summed E-state index contributed by atoms with van der Waals surface area (Å²) in [5.41, 5.74) is 0. The van der Waals surface area contributed by atoms with Gasteiger partial charge in [0, 0.05) is 16.5 Å². The van der Waals surface area contributed by atoms with Crippen LogP contribution in [0.5, 0.6) is 0 Å². The standard InChI is InChI=1S/3C2H3.Ni/c3*1-2;/h3*1H,2H2;/q3*-1;. The van der Waals surface area contributed by atoms with Gasteiger partial charge in [0.15, 0.2) is 0 Å². The topological polar surface area (TPSA) is 0 Å². The second-order valence-electron chi connectivity index (χ2n) is 0. The van der Waals surface area contributed by atoms with E-state index in [4.69, 9.17) is 0 Å². The molecule has 46 valence electrons. The van der Waals surface area contributed by atoms with Crippen molar-refractivity contribution >= 4 is 0 Å². The summed E-state index contributed by atoms with van der Waals surface area (Å²) in [6, 6.07) is 0. The molecule has 0 amide bonds. The minimum absolute atomic E-state index is 0. The minimum atomic E-state index is 0. The normalized spacial score (nSPS) is 1.71. The van der Waals surface area contributed by atoms with Gasteiger partial charge < -0.3 is 19.7 Å². The fourth-order valence-corrected chi connectivity index (χ4v) is 0. The Morgan fingerprint density at radius 3 is 0.571 bits per heavy atom. The average molecular weight is 140 g/mol. The van der Waals surface area contributed by atoms with E-state index in [2.05, 4.69) is 39.5 Å². The third kappa shape index (κ3) is 960. The van der Waals surface area contributed by atoms with Crippen molar-refractivity contribution in [1.82, 2.24) is 0 Å². The Balaban J connectivity index is -0.00000000900. The van der Waals surface area contributed by atoms with Crippen LogP contribution in [0.2, 0.25) is 0 Å². The number of rotatable bonds is 0. The second-order valence-corrected chi connectivity index (χ2v) is 0. The smallest absolute Gasteiger partial charge is 0 e. The summed E-state index contributed by atoms with van der Waals surface area (Å²) < 4.78 is 0. The molecule has 0 aliphatic rings. The van der Waals surface area contributed by atoms with E-state index in [1.54, 1.807) is 0 Å². The zero-order valence-electron chi connectivity index (χ0n) is 4.17. The molecule has 0 fully saturated rings. The van der Waals surface area contributed by atoms with Gasteiger partial charge in [-0.05, 0) is 0 Å². The number of hydrogen-bond donors (Lipinski definition) is 0. The first-order chi connectivity index (χ1) is 3.00. The Morgan fingerprint density at radius 1 is 0.571 bits per heavy atom. The molecule has 0 spiro atoms. The van der Waals surface area contributed by atoms with E-state index in [0.717, 1.165) is 0 Å². The van der Waals surface area contributed by atoms with Crippen molar-refractivity contribution in [2.24, 2.45) is 0 Å². The van der Waals surface area contributed by atoms with E-state index in [0.29, 0.717) is 0 Å². The van der Waals surface area contributed by atoms with Crippen molar-refractivity contribution in [1.29, 1.82) is 0 Å². The third-order valence-corrected chi connectivity index (χ3v) is 0. The third-order valence-electron chi connectivity index (χ3n) is 0. The van der Waals surface area contributed by atoms with Gasteiger partial charge in [-0.1, -0.05) is 0 Å². The monoisotopic (exact) mass is 139 g/mol. The molecule has 7 heavy (non-hydrogen) atoms. The van der Waals surface area contributed by atoms with Gasteiger partial charge in [0.1, 0.15) is 0 Å². The van der Waals surface area contributed by atoms with Crippen molar-refractivity contribution in [3.05, 3.63) is 39.5 Å². The largest absolute Gasteiger partial charge is 0.521 e. The summed E-state index contributed by atoms with van der Waals surface area (Å²) in [6.45, 7) is 21.0. The molecular weight excluding hydrogens is 131 g/mol. The van der Waals surface area contributed by atoms with Crippen LogP contribution in [0.1, 0.15) is 0 Å². The summed E-state index contributed by atoms with van der Waals surface area (Å²) in [7, 11) is 0. The molecule has 0 saturated heterocycles. The predicted molar refractivity (Wildman–Crippen MR) is 29.8 cm³/mol. The molecular formula is C6H9Ni-3. The van der Waals surface area contributed by atoms with Gasteiger partial charge in [-0.3, -0.25) is 19.7 Å². The van der Waals surface area contributed by atoms with E-state index in [-0.39, 0.29) is 16.5 Å². The molecule has 0 aromatic carbocycles. The van der Waals surface area contributed by atoms with Crippen molar-refractivity contribution in [3.63, 3.8) is 0 Å². The van der Waals surface area contributed by atoms with Crippen LogP contribution in [-0.2, 0) is 16.5 Å². The Morgan fingerprint density at radius 2 is 0.571 bits per heavy atom. The summed E-state index contributed by atoms with van der Waals surface area (Å²) >= 11 is 0. The molecule has 0 atom stereocenters. The average Bonchev–Trinajstić information content (AvgIpc) is 1.81. The SMILES string of the molecule is [CH-]=C.[CH-]=C.[CH-]=C.[Ni]. The molecule has 0 nitrogen and oxygen atoms in total. The molecule has 0 radical (unpaired) electrons. The fourth-order valence-electron chi connectivity index (χ4n) is 0. The van der Waals surface area contributed by atoms with Crippen molar-refractivity contribution in [2.75, 3.05) is 0 Å². The van der Waals surface area contributed by atoms with E-state index >= 15 is 0 Å². The molecule has 1 heteroatoms. The Labute approximate surface area is 56.6 Å². The summed E-state index contributed by atoms with van der Waals surface area (Å²) in [6.07, 6.45) is 0. The van der Waals surface area contributed by atoms with Crippen molar-refractivity contribution in [2.45, 2.75) is 0 Å². The molecule has 0 rings (SSSR count). The van der Waals surface area contributed by atoms with Crippen molar-refractivity contribution in [3.8, 4) is 0 Å². The first-order valence-corrected chi connectivity index (χ1v) is 1.22. The first-order valence-electron chi connectivity index (χ1n) is 1.22. The van der Waals surface area contributed by atoms with Gasteiger partial charge >= 0.3 is 0 Å². The molecule has 0 aromatic heterocycles. The van der Waals surface area contributed by atoms with Gasteiger partial charge in [-0.2, -0.15) is 0 Å². The molecule has 0 aliphatic carbocycles. The first kappa shape index (κ1) is 29.8. The molecule has 0 aliphatic heterocycles. The van der Waals surface area contributed by atoms with Crippen LogP contribution in [0.15, 0.2) is 19.7 Å². The molecule has 0 saturated carbocycles. The summed E-state index contributed by atoms with van der Waals surface area (Å²) in [4.78, 5) is 0. The second kappa shape index (κ2) is 1550. The van der Waals surface area contributed by atoms with Crippen LogP contribution in [0.4, 0.5) is 0 Å². The Bertz CT molecular complexity index is 8.90. The maximum absolute atomic E-state index is 4.25. The van der Waals surface area contributed by atoms with Gasteiger partial charge in [0.25, 0.3) is 0 Å². The van der Waals surface area contributed by atoms with Crippen LogP contribution in [0.25, 0.3) is 0 Å². The molecule has 0 unspecified atom stereocenters. The van der Waals surface area contributed by atoms with Crippen LogP contribution in [-0.4, -0.2) is 0 Å². The molecule has 0 N–H and O–H groups in total. The van der Waals surface area contributed by atoms with E-state index in [9.17, 15) is 0 Å². The Hall–Kier alpha value is -0.286. The van der Waals surface area contributed by atoms with E-state index in [1.165, 1.54) is 0 Å². The zero-order valence-corrected chi connectivity index (χ0v) is 5.16. The predicted octanol–water partition coefficient (Wildman–Crippen LogP) is 1.81. The molecule has 0 heterocycles. The molecule has 0 bridgehead atoms. The maximum Gasteiger partial charge on any atom is 0 e. The zero-order chi connectivity index (χ0) is 6.00. The Kier molecular flexibility index (Phi) is 6580. The van der Waals surface area contributed by atoms with Crippen molar-refractivity contribution < 1.29 is 16.5 Å². The fraction of sp³-hybridized carbons (Fsp3) is 0.